The van der Waals surface area contributed by atoms with Crippen LogP contribution in [-0.2, 0) is 0 Å². The minimum atomic E-state index is -0.438. The van der Waals surface area contributed by atoms with Crippen molar-refractivity contribution < 1.29 is 4.92 Å². The summed E-state index contributed by atoms with van der Waals surface area (Å²) in [6.07, 6.45) is 3.84. The number of benzene rings is 1. The molecule has 0 saturated heterocycles. The zero-order chi connectivity index (χ0) is 11.5. The number of rotatable bonds is 4. The topological polar surface area (TPSA) is 81.2 Å². The molecule has 1 aliphatic rings. The Bertz CT molecular complexity index is 402. The van der Waals surface area contributed by atoms with Gasteiger partial charge >= 0.3 is 0 Å². The van der Waals surface area contributed by atoms with Gasteiger partial charge in [-0.15, -0.1) is 0 Å². The van der Waals surface area contributed by atoms with E-state index in [0.29, 0.717) is 5.69 Å². The van der Waals surface area contributed by atoms with Crippen LogP contribution in [0.25, 0.3) is 0 Å². The minimum Gasteiger partial charge on any atom is -0.397 e. The summed E-state index contributed by atoms with van der Waals surface area (Å²) in [4.78, 5) is 10.1. The van der Waals surface area contributed by atoms with Gasteiger partial charge in [0.2, 0.25) is 0 Å². The fourth-order valence-electron chi connectivity index (χ4n) is 1.78. The molecule has 86 valence electrons. The lowest BCUT2D eigenvalue weighted by Crippen LogP contribution is -2.21. The third-order valence-corrected chi connectivity index (χ3v) is 3.05. The molecule has 0 aromatic heterocycles. The van der Waals surface area contributed by atoms with Crippen molar-refractivity contribution in [1.29, 1.82) is 0 Å². The number of nitrogens with one attached hydrogen (secondary N) is 1. The van der Waals surface area contributed by atoms with Crippen molar-refractivity contribution in [2.45, 2.75) is 19.3 Å². The van der Waals surface area contributed by atoms with E-state index in [-0.39, 0.29) is 5.69 Å². The molecule has 0 unspecified atom stereocenters. The van der Waals surface area contributed by atoms with Crippen molar-refractivity contribution in [3.05, 3.63) is 28.3 Å². The second-order valence-corrected chi connectivity index (χ2v) is 4.21. The van der Waals surface area contributed by atoms with Crippen LogP contribution in [0.5, 0.6) is 0 Å². The lowest BCUT2D eigenvalue weighted by Gasteiger charge is -2.26. The Kier molecular flexibility index (Phi) is 2.94. The number of nitrogens with zero attached hydrogens (tertiary/aromatic N) is 1. The molecule has 1 aromatic rings. The predicted octanol–water partition coefficient (Wildman–Crippen LogP) is 2.39. The largest absolute Gasteiger partial charge is 0.397 e. The smallest absolute Gasteiger partial charge is 0.271 e. The van der Waals surface area contributed by atoms with Crippen LogP contribution < -0.4 is 11.1 Å². The highest BCUT2D eigenvalue weighted by Crippen LogP contribution is 2.28. The molecule has 2 rings (SSSR count). The molecule has 0 heterocycles. The van der Waals surface area contributed by atoms with Gasteiger partial charge in [-0.2, -0.15) is 0 Å². The highest BCUT2D eigenvalue weighted by molar-refractivity contribution is 5.69. The number of nitro groups is 1. The van der Waals surface area contributed by atoms with Crippen LogP contribution >= 0.6 is 0 Å². The molecule has 1 aromatic carbocycles. The number of non-ortho nitro benzene ring substituents is 1. The van der Waals surface area contributed by atoms with Gasteiger partial charge in [-0.25, -0.2) is 0 Å². The first-order chi connectivity index (χ1) is 7.66. The summed E-state index contributed by atoms with van der Waals surface area (Å²) in [5.74, 6) is 0.731. The van der Waals surface area contributed by atoms with Gasteiger partial charge in [-0.3, -0.25) is 10.1 Å². The first kappa shape index (κ1) is 10.7. The molecule has 5 nitrogen and oxygen atoms in total. The zero-order valence-corrected chi connectivity index (χ0v) is 8.98. The van der Waals surface area contributed by atoms with Gasteiger partial charge in [0.05, 0.1) is 16.3 Å². The Morgan fingerprint density at radius 1 is 1.50 bits per heavy atom. The summed E-state index contributed by atoms with van der Waals surface area (Å²) in [6.45, 7) is 0.905. The molecule has 0 atom stereocenters. The summed E-state index contributed by atoms with van der Waals surface area (Å²) in [5, 5.41) is 13.7. The van der Waals surface area contributed by atoms with Gasteiger partial charge in [0.15, 0.2) is 0 Å². The lowest BCUT2D eigenvalue weighted by molar-refractivity contribution is -0.384. The summed E-state index contributed by atoms with van der Waals surface area (Å²) < 4.78 is 0. The van der Waals surface area contributed by atoms with Crippen LogP contribution in [0, 0.1) is 16.0 Å². The van der Waals surface area contributed by atoms with E-state index >= 15 is 0 Å². The van der Waals surface area contributed by atoms with Crippen LogP contribution in [0.3, 0.4) is 0 Å². The van der Waals surface area contributed by atoms with E-state index in [1.807, 2.05) is 0 Å². The van der Waals surface area contributed by atoms with E-state index in [2.05, 4.69) is 5.32 Å². The van der Waals surface area contributed by atoms with Crippen molar-refractivity contribution >= 4 is 17.1 Å². The molecule has 1 fully saturated rings. The molecular weight excluding hydrogens is 206 g/mol. The van der Waals surface area contributed by atoms with Gasteiger partial charge in [0.25, 0.3) is 5.69 Å². The molecule has 16 heavy (non-hydrogen) atoms. The fraction of sp³-hybridized carbons (Fsp3) is 0.455. The molecule has 0 amide bonds. The summed E-state index contributed by atoms with van der Waals surface area (Å²) in [5.41, 5.74) is 7.00. The van der Waals surface area contributed by atoms with Crippen LogP contribution in [0.2, 0.25) is 0 Å². The third-order valence-electron chi connectivity index (χ3n) is 3.05. The van der Waals surface area contributed by atoms with Gasteiger partial charge in [0, 0.05) is 18.7 Å². The van der Waals surface area contributed by atoms with Crippen molar-refractivity contribution in [2.75, 3.05) is 17.6 Å². The molecule has 0 aliphatic heterocycles. The van der Waals surface area contributed by atoms with Crippen molar-refractivity contribution in [3.63, 3.8) is 0 Å². The summed E-state index contributed by atoms with van der Waals surface area (Å²) in [6, 6.07) is 4.54. The summed E-state index contributed by atoms with van der Waals surface area (Å²) in [7, 11) is 0. The van der Waals surface area contributed by atoms with Gasteiger partial charge in [0.1, 0.15) is 0 Å². The molecule has 1 saturated carbocycles. The Morgan fingerprint density at radius 3 is 2.75 bits per heavy atom. The van der Waals surface area contributed by atoms with Crippen LogP contribution in [0.15, 0.2) is 18.2 Å². The van der Waals surface area contributed by atoms with Crippen LogP contribution in [0.4, 0.5) is 17.1 Å². The second-order valence-electron chi connectivity index (χ2n) is 4.21. The molecule has 0 radical (unpaired) electrons. The van der Waals surface area contributed by atoms with Crippen molar-refractivity contribution in [1.82, 2.24) is 0 Å². The Labute approximate surface area is 93.8 Å². The van der Waals surface area contributed by atoms with E-state index in [1.54, 1.807) is 6.07 Å². The molecule has 5 heteroatoms. The van der Waals surface area contributed by atoms with Crippen molar-refractivity contribution in [3.8, 4) is 0 Å². The number of nitrogen functional groups attached to an aromatic ring is 1. The maximum Gasteiger partial charge on any atom is 0.271 e. The first-order valence-corrected chi connectivity index (χ1v) is 5.44. The van der Waals surface area contributed by atoms with Gasteiger partial charge in [-0.05, 0) is 24.8 Å². The normalized spacial score (nSPS) is 15.5. The Morgan fingerprint density at radius 2 is 2.25 bits per heavy atom. The predicted molar refractivity (Wildman–Crippen MR) is 63.3 cm³/mol. The number of hydrogen-bond acceptors (Lipinski definition) is 4. The second kappa shape index (κ2) is 4.38. The van der Waals surface area contributed by atoms with E-state index < -0.39 is 4.92 Å². The maximum atomic E-state index is 10.5. The standard InChI is InChI=1S/C11H15N3O2/c12-10-6-9(14(15)16)4-5-11(10)13-7-8-2-1-3-8/h4-6,8,13H,1-3,7,12H2. The van der Waals surface area contributed by atoms with Gasteiger partial charge < -0.3 is 11.1 Å². The third kappa shape index (κ3) is 2.24. The highest BCUT2D eigenvalue weighted by atomic mass is 16.6. The van der Waals surface area contributed by atoms with E-state index in [4.69, 9.17) is 5.73 Å². The number of nitro benzene ring substituents is 1. The quantitative estimate of drug-likeness (QED) is 0.464. The van der Waals surface area contributed by atoms with E-state index in [9.17, 15) is 10.1 Å². The Hall–Kier alpha value is -1.78. The van der Waals surface area contributed by atoms with Gasteiger partial charge in [-0.1, -0.05) is 6.42 Å². The fourth-order valence-corrected chi connectivity index (χ4v) is 1.78. The maximum absolute atomic E-state index is 10.5. The summed E-state index contributed by atoms with van der Waals surface area (Å²) >= 11 is 0. The zero-order valence-electron chi connectivity index (χ0n) is 8.98. The van der Waals surface area contributed by atoms with Crippen LogP contribution in [0.1, 0.15) is 19.3 Å². The minimum absolute atomic E-state index is 0.0340. The average Bonchev–Trinajstić information content (AvgIpc) is 2.17. The molecule has 0 spiro atoms. The Balaban J connectivity index is 2.00. The van der Waals surface area contributed by atoms with Crippen LogP contribution in [-0.4, -0.2) is 11.5 Å². The molecule has 3 N–H and O–H groups in total. The lowest BCUT2D eigenvalue weighted by atomic mass is 9.85. The average molecular weight is 221 g/mol. The number of nitrogens with two attached hydrogens (primary N) is 1. The van der Waals surface area contributed by atoms with E-state index in [1.165, 1.54) is 31.4 Å². The molecular formula is C11H15N3O2. The monoisotopic (exact) mass is 221 g/mol. The van der Waals surface area contributed by atoms with Crippen molar-refractivity contribution in [2.24, 2.45) is 5.92 Å². The first-order valence-electron chi connectivity index (χ1n) is 5.44. The molecule has 0 bridgehead atoms. The number of hydrogen-bond donors (Lipinski definition) is 2. The number of anilines is 2. The SMILES string of the molecule is Nc1cc([N+](=O)[O-])ccc1NCC1CCC1. The highest BCUT2D eigenvalue weighted by Gasteiger charge is 2.17. The molecule has 1 aliphatic carbocycles. The van der Waals surface area contributed by atoms with E-state index in [0.717, 1.165) is 18.2 Å².